The Morgan fingerprint density at radius 1 is 1.19 bits per heavy atom. The molecule has 1 nitrogen and oxygen atoms in total. The van der Waals surface area contributed by atoms with Crippen LogP contribution in [0, 0.1) is 6.92 Å². The van der Waals surface area contributed by atoms with Crippen LogP contribution in [0.4, 0.5) is 13.2 Å². The van der Waals surface area contributed by atoms with Crippen LogP contribution in [-0.2, 0) is 5.54 Å². The van der Waals surface area contributed by atoms with Crippen LogP contribution in [0.25, 0.3) is 0 Å². The summed E-state index contributed by atoms with van der Waals surface area (Å²) < 4.78 is 39.3. The van der Waals surface area contributed by atoms with E-state index in [0.717, 1.165) is 0 Å². The molecule has 0 saturated heterocycles. The Morgan fingerprint density at radius 3 is 2.19 bits per heavy atom. The minimum Gasteiger partial charge on any atom is -0.300 e. The van der Waals surface area contributed by atoms with Crippen LogP contribution in [0.3, 0.4) is 0 Å². The Morgan fingerprint density at radius 2 is 1.75 bits per heavy atom. The Labute approximate surface area is 93.7 Å². The molecule has 1 aromatic rings. The maximum atomic E-state index is 13.1. The molecule has 0 bridgehead atoms. The van der Waals surface area contributed by atoms with Gasteiger partial charge in [0.1, 0.15) is 5.54 Å². The topological polar surface area (TPSA) is 12.0 Å². The summed E-state index contributed by atoms with van der Waals surface area (Å²) in [6.45, 7) is 4.81. The maximum absolute atomic E-state index is 13.1. The molecule has 0 saturated carbocycles. The first-order valence-corrected chi connectivity index (χ1v) is 5.20. The minimum atomic E-state index is -4.31. The lowest BCUT2D eigenvalue weighted by atomic mass is 9.88. The van der Waals surface area contributed by atoms with Crippen LogP contribution >= 0.6 is 0 Å². The normalized spacial score (nSPS) is 15.9. The first-order valence-electron chi connectivity index (χ1n) is 5.20. The molecule has 0 spiro atoms. The zero-order valence-corrected chi connectivity index (χ0v) is 9.65. The largest absolute Gasteiger partial charge is 0.410 e. The third kappa shape index (κ3) is 2.21. The van der Waals surface area contributed by atoms with Gasteiger partial charge in [0.2, 0.25) is 0 Å². The predicted octanol–water partition coefficient (Wildman–Crippen LogP) is 3.38. The highest BCUT2D eigenvalue weighted by Crippen LogP contribution is 2.39. The lowest BCUT2D eigenvalue weighted by Crippen LogP contribution is -2.51. The van der Waals surface area contributed by atoms with Gasteiger partial charge in [0.05, 0.1) is 0 Å². The molecule has 0 aliphatic heterocycles. The van der Waals surface area contributed by atoms with Gasteiger partial charge in [-0.05, 0) is 31.5 Å². The van der Waals surface area contributed by atoms with E-state index in [1.165, 1.54) is 13.0 Å². The molecule has 1 N–H and O–H groups in total. The molecule has 0 aromatic heterocycles. The summed E-state index contributed by atoms with van der Waals surface area (Å²) >= 11 is 0. The van der Waals surface area contributed by atoms with Crippen LogP contribution in [0.15, 0.2) is 24.3 Å². The van der Waals surface area contributed by atoms with Crippen LogP contribution < -0.4 is 5.32 Å². The van der Waals surface area contributed by atoms with Crippen molar-refractivity contribution in [2.24, 2.45) is 0 Å². The van der Waals surface area contributed by atoms with E-state index < -0.39 is 11.7 Å². The highest BCUT2D eigenvalue weighted by Gasteiger charge is 2.52. The van der Waals surface area contributed by atoms with E-state index in [1.807, 2.05) is 0 Å². The Bertz CT molecular complexity index is 360. The molecular weight excluding hydrogens is 215 g/mol. The third-order valence-electron chi connectivity index (χ3n) is 2.78. The molecule has 1 unspecified atom stereocenters. The number of halogens is 3. The fraction of sp³-hybridized carbons (Fsp3) is 0.500. The molecule has 1 rings (SSSR count). The van der Waals surface area contributed by atoms with Crippen molar-refractivity contribution in [3.8, 4) is 0 Å². The summed E-state index contributed by atoms with van der Waals surface area (Å²) in [4.78, 5) is 0. The van der Waals surface area contributed by atoms with E-state index in [-0.39, 0.29) is 12.1 Å². The maximum Gasteiger partial charge on any atom is 0.410 e. The Hall–Kier alpha value is -1.03. The smallest absolute Gasteiger partial charge is 0.300 e. The monoisotopic (exact) mass is 231 g/mol. The zero-order chi connectivity index (χ0) is 12.4. The fourth-order valence-electron chi connectivity index (χ4n) is 1.84. The summed E-state index contributed by atoms with van der Waals surface area (Å²) in [5, 5.41) is 2.53. The molecule has 4 heteroatoms. The second-order valence-electron chi connectivity index (χ2n) is 3.97. The standard InChI is InChI=1S/C12H16F3N/c1-4-16-11(3,12(13,14)15)10-8-6-5-7-9(10)2/h5-8,16H,4H2,1-3H3. The molecule has 0 radical (unpaired) electrons. The molecular formula is C12H16F3N. The average Bonchev–Trinajstić information content (AvgIpc) is 2.16. The SMILES string of the molecule is CCNC(C)(c1ccccc1C)C(F)(F)F. The second-order valence-corrected chi connectivity index (χ2v) is 3.97. The summed E-state index contributed by atoms with van der Waals surface area (Å²) in [5.41, 5.74) is -1.06. The van der Waals surface area contributed by atoms with Gasteiger partial charge in [0, 0.05) is 0 Å². The first kappa shape index (κ1) is 13.0. The summed E-state index contributed by atoms with van der Waals surface area (Å²) in [6.07, 6.45) is -4.31. The predicted molar refractivity (Wildman–Crippen MR) is 58.3 cm³/mol. The summed E-state index contributed by atoms with van der Waals surface area (Å²) in [6, 6.07) is 6.58. The summed E-state index contributed by atoms with van der Waals surface area (Å²) in [5.74, 6) is 0. The van der Waals surface area contributed by atoms with E-state index in [0.29, 0.717) is 5.56 Å². The molecule has 0 fully saturated rings. The van der Waals surface area contributed by atoms with E-state index >= 15 is 0 Å². The molecule has 0 aliphatic carbocycles. The molecule has 1 atom stereocenters. The molecule has 0 amide bonds. The Kier molecular flexibility index (Phi) is 3.63. The van der Waals surface area contributed by atoms with Crippen molar-refractivity contribution in [1.29, 1.82) is 0 Å². The van der Waals surface area contributed by atoms with Crippen molar-refractivity contribution in [3.05, 3.63) is 35.4 Å². The van der Waals surface area contributed by atoms with Gasteiger partial charge in [0.15, 0.2) is 0 Å². The van der Waals surface area contributed by atoms with Gasteiger partial charge in [-0.2, -0.15) is 13.2 Å². The second kappa shape index (κ2) is 4.45. The quantitative estimate of drug-likeness (QED) is 0.840. The number of nitrogens with one attached hydrogen (secondary N) is 1. The number of hydrogen-bond acceptors (Lipinski definition) is 1. The van der Waals surface area contributed by atoms with Crippen LogP contribution in [0.2, 0.25) is 0 Å². The lowest BCUT2D eigenvalue weighted by Gasteiger charge is -2.34. The van der Waals surface area contributed by atoms with Gasteiger partial charge in [-0.15, -0.1) is 0 Å². The summed E-state index contributed by atoms with van der Waals surface area (Å²) in [7, 11) is 0. The van der Waals surface area contributed by atoms with Gasteiger partial charge in [-0.25, -0.2) is 0 Å². The number of alkyl halides is 3. The van der Waals surface area contributed by atoms with Gasteiger partial charge >= 0.3 is 6.18 Å². The van der Waals surface area contributed by atoms with Crippen molar-refractivity contribution in [3.63, 3.8) is 0 Å². The van der Waals surface area contributed by atoms with Gasteiger partial charge in [0.25, 0.3) is 0 Å². The minimum absolute atomic E-state index is 0.268. The van der Waals surface area contributed by atoms with Crippen LogP contribution in [-0.4, -0.2) is 12.7 Å². The average molecular weight is 231 g/mol. The van der Waals surface area contributed by atoms with Crippen molar-refractivity contribution in [1.82, 2.24) is 5.32 Å². The van der Waals surface area contributed by atoms with Crippen LogP contribution in [0.5, 0.6) is 0 Å². The molecule has 0 aliphatic rings. The molecule has 1 aromatic carbocycles. The third-order valence-corrected chi connectivity index (χ3v) is 2.78. The van der Waals surface area contributed by atoms with Gasteiger partial charge < -0.3 is 5.32 Å². The van der Waals surface area contributed by atoms with E-state index in [4.69, 9.17) is 0 Å². The fourth-order valence-corrected chi connectivity index (χ4v) is 1.84. The highest BCUT2D eigenvalue weighted by molar-refractivity contribution is 5.33. The van der Waals surface area contributed by atoms with Crippen LogP contribution in [0.1, 0.15) is 25.0 Å². The lowest BCUT2D eigenvalue weighted by molar-refractivity contribution is -0.195. The van der Waals surface area contributed by atoms with E-state index in [1.54, 1.807) is 32.0 Å². The van der Waals surface area contributed by atoms with Crippen molar-refractivity contribution in [2.45, 2.75) is 32.5 Å². The number of benzene rings is 1. The molecule has 90 valence electrons. The van der Waals surface area contributed by atoms with E-state index in [9.17, 15) is 13.2 Å². The highest BCUT2D eigenvalue weighted by atomic mass is 19.4. The van der Waals surface area contributed by atoms with E-state index in [2.05, 4.69) is 5.32 Å². The molecule has 0 heterocycles. The van der Waals surface area contributed by atoms with Crippen molar-refractivity contribution in [2.75, 3.05) is 6.54 Å². The van der Waals surface area contributed by atoms with Gasteiger partial charge in [-0.1, -0.05) is 31.2 Å². The number of aryl methyl sites for hydroxylation is 1. The van der Waals surface area contributed by atoms with Crippen molar-refractivity contribution < 1.29 is 13.2 Å². The first-order chi connectivity index (χ1) is 7.33. The Balaban J connectivity index is 3.28. The van der Waals surface area contributed by atoms with Gasteiger partial charge in [-0.3, -0.25) is 0 Å². The number of hydrogen-bond donors (Lipinski definition) is 1. The van der Waals surface area contributed by atoms with Crippen molar-refractivity contribution >= 4 is 0 Å². The molecule has 16 heavy (non-hydrogen) atoms. The number of rotatable bonds is 3. The zero-order valence-electron chi connectivity index (χ0n) is 9.65.